The van der Waals surface area contributed by atoms with Crippen LogP contribution in [-0.4, -0.2) is 80.7 Å². The molecule has 0 bridgehead atoms. The summed E-state index contributed by atoms with van der Waals surface area (Å²) in [5, 5.41) is 7.74. The molecule has 0 aliphatic carbocycles. The third-order valence-electron chi connectivity index (χ3n) is 5.42. The first-order valence-corrected chi connectivity index (χ1v) is 10.2. The van der Waals surface area contributed by atoms with Gasteiger partial charge in [-0.2, -0.15) is 0 Å². The summed E-state index contributed by atoms with van der Waals surface area (Å²) in [5.74, 6) is 1.17. The molecule has 1 unspecified atom stereocenters. The topological polar surface area (TPSA) is 58.7 Å². The number of guanidine groups is 1. The van der Waals surface area contributed by atoms with Gasteiger partial charge in [0.25, 0.3) is 0 Å². The van der Waals surface area contributed by atoms with Crippen LogP contribution in [0.25, 0.3) is 10.9 Å². The number of fused-ring (bicyclic) bond motifs is 1. The highest BCUT2D eigenvalue weighted by molar-refractivity contribution is 5.83. The standard InChI is InChI=1S/C21H33FN6/c1-16(15-28-10-8-27(3)9-11-28)13-26-21(23-2)24-7-6-17-14-25-20-5-4-18(22)12-19(17)20/h4-5,12,14,16,25H,6-11,13,15H2,1-3H3,(H2,23,24,26). The van der Waals surface area contributed by atoms with E-state index < -0.39 is 0 Å². The number of hydrogen-bond donors (Lipinski definition) is 3. The number of H-pyrrole nitrogens is 1. The van der Waals surface area contributed by atoms with E-state index in [0.29, 0.717) is 5.92 Å². The second-order valence-electron chi connectivity index (χ2n) is 7.84. The van der Waals surface area contributed by atoms with Gasteiger partial charge in [-0.05, 0) is 43.1 Å². The molecule has 2 heterocycles. The second-order valence-corrected chi connectivity index (χ2v) is 7.84. The molecular formula is C21H33FN6. The number of aliphatic imine (C=N–C) groups is 1. The number of aromatic amines is 1. The number of rotatable bonds is 7. The first-order valence-electron chi connectivity index (χ1n) is 10.2. The minimum Gasteiger partial charge on any atom is -0.361 e. The van der Waals surface area contributed by atoms with E-state index in [-0.39, 0.29) is 5.82 Å². The quantitative estimate of drug-likeness (QED) is 0.501. The Morgan fingerprint density at radius 1 is 1.25 bits per heavy atom. The number of halogens is 1. The van der Waals surface area contributed by atoms with Crippen molar-refractivity contribution in [3.05, 3.63) is 35.8 Å². The fourth-order valence-electron chi connectivity index (χ4n) is 3.70. The van der Waals surface area contributed by atoms with Crippen molar-refractivity contribution >= 4 is 16.9 Å². The lowest BCUT2D eigenvalue weighted by molar-refractivity contribution is 0.139. The van der Waals surface area contributed by atoms with E-state index >= 15 is 0 Å². The maximum absolute atomic E-state index is 13.5. The van der Waals surface area contributed by atoms with Crippen molar-refractivity contribution in [2.45, 2.75) is 13.3 Å². The molecule has 28 heavy (non-hydrogen) atoms. The molecule has 7 heteroatoms. The molecule has 1 saturated heterocycles. The Labute approximate surface area is 167 Å². The molecule has 0 radical (unpaired) electrons. The highest BCUT2D eigenvalue weighted by Gasteiger charge is 2.16. The van der Waals surface area contributed by atoms with Crippen molar-refractivity contribution in [3.8, 4) is 0 Å². The molecule has 3 N–H and O–H groups in total. The lowest BCUT2D eigenvalue weighted by atomic mass is 10.1. The molecule has 1 fully saturated rings. The monoisotopic (exact) mass is 388 g/mol. The SMILES string of the molecule is CN=C(NCCc1c[nH]c2ccc(F)cc12)NCC(C)CN1CCN(C)CC1. The van der Waals surface area contributed by atoms with Crippen LogP contribution < -0.4 is 10.6 Å². The summed E-state index contributed by atoms with van der Waals surface area (Å²) < 4.78 is 13.5. The first kappa shape index (κ1) is 20.6. The molecule has 0 saturated carbocycles. The number of aromatic nitrogens is 1. The average Bonchev–Trinajstić information content (AvgIpc) is 3.08. The largest absolute Gasteiger partial charge is 0.361 e. The van der Waals surface area contributed by atoms with Crippen LogP contribution >= 0.6 is 0 Å². The molecule has 0 amide bonds. The van der Waals surface area contributed by atoms with Crippen molar-refractivity contribution in [1.29, 1.82) is 0 Å². The fraction of sp³-hybridized carbons (Fsp3) is 0.571. The summed E-state index contributed by atoms with van der Waals surface area (Å²) in [6.07, 6.45) is 2.76. The zero-order chi connectivity index (χ0) is 19.9. The summed E-state index contributed by atoms with van der Waals surface area (Å²) in [4.78, 5) is 12.4. The third kappa shape index (κ3) is 5.69. The molecule has 1 aromatic heterocycles. The first-order chi connectivity index (χ1) is 13.5. The van der Waals surface area contributed by atoms with Crippen molar-refractivity contribution in [2.24, 2.45) is 10.9 Å². The smallest absolute Gasteiger partial charge is 0.190 e. The van der Waals surface area contributed by atoms with E-state index in [2.05, 4.69) is 44.4 Å². The van der Waals surface area contributed by atoms with E-state index in [1.54, 1.807) is 19.2 Å². The van der Waals surface area contributed by atoms with Gasteiger partial charge in [0.15, 0.2) is 5.96 Å². The Morgan fingerprint density at radius 3 is 2.79 bits per heavy atom. The van der Waals surface area contributed by atoms with Crippen molar-refractivity contribution in [3.63, 3.8) is 0 Å². The number of nitrogens with zero attached hydrogens (tertiary/aromatic N) is 3. The zero-order valence-electron chi connectivity index (χ0n) is 17.3. The van der Waals surface area contributed by atoms with Gasteiger partial charge in [-0.25, -0.2) is 4.39 Å². The molecule has 154 valence electrons. The molecular weight excluding hydrogens is 355 g/mol. The summed E-state index contributed by atoms with van der Waals surface area (Å²) in [6.45, 7) is 9.64. The number of hydrogen-bond acceptors (Lipinski definition) is 3. The minimum atomic E-state index is -0.201. The van der Waals surface area contributed by atoms with Crippen LogP contribution in [0.1, 0.15) is 12.5 Å². The van der Waals surface area contributed by atoms with Crippen molar-refractivity contribution in [1.82, 2.24) is 25.4 Å². The minimum absolute atomic E-state index is 0.201. The second kappa shape index (κ2) is 9.89. The maximum Gasteiger partial charge on any atom is 0.190 e. The highest BCUT2D eigenvalue weighted by Crippen LogP contribution is 2.19. The predicted octanol–water partition coefficient (Wildman–Crippen LogP) is 1.90. The molecule has 1 atom stereocenters. The van der Waals surface area contributed by atoms with Gasteiger partial charge in [-0.1, -0.05) is 6.92 Å². The van der Waals surface area contributed by atoms with E-state index in [1.165, 1.54) is 6.07 Å². The molecule has 1 aromatic carbocycles. The lowest BCUT2D eigenvalue weighted by Crippen LogP contribution is -2.47. The normalized spacial score (nSPS) is 17.8. The van der Waals surface area contributed by atoms with Crippen LogP contribution in [-0.2, 0) is 6.42 Å². The molecule has 0 spiro atoms. The fourth-order valence-corrected chi connectivity index (χ4v) is 3.70. The van der Waals surface area contributed by atoms with E-state index in [9.17, 15) is 4.39 Å². The Morgan fingerprint density at radius 2 is 2.04 bits per heavy atom. The van der Waals surface area contributed by atoms with Crippen LogP contribution in [0.3, 0.4) is 0 Å². The van der Waals surface area contributed by atoms with Crippen LogP contribution in [0.5, 0.6) is 0 Å². The maximum atomic E-state index is 13.5. The van der Waals surface area contributed by atoms with Gasteiger partial charge in [-0.15, -0.1) is 0 Å². The van der Waals surface area contributed by atoms with E-state index in [0.717, 1.165) is 74.7 Å². The molecule has 1 aliphatic rings. The number of nitrogens with one attached hydrogen (secondary N) is 3. The number of piperazine rings is 1. The van der Waals surface area contributed by atoms with Gasteiger partial charge in [0.1, 0.15) is 5.82 Å². The van der Waals surface area contributed by atoms with Gasteiger partial charge in [-0.3, -0.25) is 4.99 Å². The molecule has 3 rings (SSSR count). The number of likely N-dealkylation sites (N-methyl/N-ethyl adjacent to an activating group) is 1. The van der Waals surface area contributed by atoms with Gasteiger partial charge < -0.3 is 25.4 Å². The van der Waals surface area contributed by atoms with Crippen LogP contribution in [0.4, 0.5) is 4.39 Å². The Balaban J connectivity index is 1.40. The summed E-state index contributed by atoms with van der Waals surface area (Å²) in [5.41, 5.74) is 2.08. The predicted molar refractivity (Wildman–Crippen MR) is 114 cm³/mol. The van der Waals surface area contributed by atoms with Gasteiger partial charge in [0.05, 0.1) is 0 Å². The average molecular weight is 389 g/mol. The van der Waals surface area contributed by atoms with Crippen LogP contribution in [0.2, 0.25) is 0 Å². The van der Waals surface area contributed by atoms with E-state index in [1.807, 2.05) is 6.20 Å². The molecule has 2 aromatic rings. The van der Waals surface area contributed by atoms with Crippen molar-refractivity contribution < 1.29 is 4.39 Å². The van der Waals surface area contributed by atoms with Gasteiger partial charge >= 0.3 is 0 Å². The number of benzene rings is 1. The van der Waals surface area contributed by atoms with Crippen LogP contribution in [0, 0.1) is 11.7 Å². The molecule has 6 nitrogen and oxygen atoms in total. The highest BCUT2D eigenvalue weighted by atomic mass is 19.1. The van der Waals surface area contributed by atoms with E-state index in [4.69, 9.17) is 0 Å². The summed E-state index contributed by atoms with van der Waals surface area (Å²) >= 11 is 0. The third-order valence-corrected chi connectivity index (χ3v) is 5.42. The summed E-state index contributed by atoms with van der Waals surface area (Å²) in [7, 11) is 3.98. The Kier molecular flexibility index (Phi) is 7.28. The summed E-state index contributed by atoms with van der Waals surface area (Å²) in [6, 6.07) is 4.86. The zero-order valence-corrected chi connectivity index (χ0v) is 17.3. The lowest BCUT2D eigenvalue weighted by Gasteiger charge is -2.34. The molecule has 1 aliphatic heterocycles. The Hall–Kier alpha value is -2.12. The Bertz CT molecular complexity index is 778. The van der Waals surface area contributed by atoms with Crippen LogP contribution in [0.15, 0.2) is 29.4 Å². The van der Waals surface area contributed by atoms with Gasteiger partial charge in [0.2, 0.25) is 0 Å². The van der Waals surface area contributed by atoms with Crippen molar-refractivity contribution in [2.75, 3.05) is 59.9 Å². The van der Waals surface area contributed by atoms with Gasteiger partial charge in [0, 0.05) is 70.0 Å².